The molecule has 2 rings (SSSR count). The molecule has 6 nitrogen and oxygen atoms in total. The molecule has 0 aliphatic rings. The average Bonchev–Trinajstić information content (AvgIpc) is 2.60. The average molecular weight is 442 g/mol. The van der Waals surface area contributed by atoms with Crippen LogP contribution in [0.2, 0.25) is 5.02 Å². The van der Waals surface area contributed by atoms with Gasteiger partial charge in [0.25, 0.3) is 11.8 Å². The number of amides is 2. The fourth-order valence-corrected chi connectivity index (χ4v) is 2.52. The number of benzene rings is 2. The summed E-state index contributed by atoms with van der Waals surface area (Å²) < 4.78 is 11.6. The molecule has 0 bridgehead atoms. The van der Waals surface area contributed by atoms with Crippen LogP contribution in [0.5, 0.6) is 11.5 Å². The van der Waals surface area contributed by atoms with E-state index in [0.29, 0.717) is 26.6 Å². The van der Waals surface area contributed by atoms with E-state index < -0.39 is 11.8 Å². The normalized spacial score (nSPS) is 10.3. The van der Waals surface area contributed by atoms with Crippen molar-refractivity contribution in [1.29, 1.82) is 0 Å². The molecule has 0 fully saturated rings. The summed E-state index contributed by atoms with van der Waals surface area (Å²) in [4.78, 5) is 24.2. The number of ether oxygens (including phenoxy) is 2. The summed E-state index contributed by atoms with van der Waals surface area (Å²) in [5.41, 5.74) is 4.92. The Balaban J connectivity index is 1.93. The number of nitrogens with one attached hydrogen (secondary N) is 2. The van der Waals surface area contributed by atoms with Crippen LogP contribution in [-0.4, -0.2) is 24.5 Å². The molecule has 2 aromatic carbocycles. The van der Waals surface area contributed by atoms with Crippen LogP contribution in [0, 0.1) is 0 Å². The van der Waals surface area contributed by atoms with Gasteiger partial charge in [0.1, 0.15) is 11.5 Å². The minimum Gasteiger partial charge on any atom is -0.490 e. The summed E-state index contributed by atoms with van der Waals surface area (Å²) >= 11 is 9.26. The SMILES string of the molecule is CC(C)Oc1ccc(Br)cc1C(=O)NNC(=O)COc1ccccc1Cl. The quantitative estimate of drug-likeness (QED) is 0.670. The van der Waals surface area contributed by atoms with E-state index in [1.807, 2.05) is 13.8 Å². The van der Waals surface area contributed by atoms with E-state index in [2.05, 4.69) is 26.8 Å². The Bertz CT molecular complexity index is 799. The zero-order valence-electron chi connectivity index (χ0n) is 14.2. The molecule has 2 N–H and O–H groups in total. The Morgan fingerprint density at radius 3 is 2.54 bits per heavy atom. The van der Waals surface area contributed by atoms with Gasteiger partial charge in [-0.15, -0.1) is 0 Å². The fourth-order valence-electron chi connectivity index (χ4n) is 1.97. The maximum Gasteiger partial charge on any atom is 0.276 e. The van der Waals surface area contributed by atoms with Crippen molar-refractivity contribution < 1.29 is 19.1 Å². The number of hydrazine groups is 1. The van der Waals surface area contributed by atoms with Crippen LogP contribution in [0.3, 0.4) is 0 Å². The minimum absolute atomic E-state index is 0.0960. The molecule has 2 amide bonds. The second-order valence-electron chi connectivity index (χ2n) is 5.53. The lowest BCUT2D eigenvalue weighted by molar-refractivity contribution is -0.123. The first-order chi connectivity index (χ1) is 12.4. The topological polar surface area (TPSA) is 76.7 Å². The van der Waals surface area contributed by atoms with Gasteiger partial charge in [-0.25, -0.2) is 0 Å². The van der Waals surface area contributed by atoms with E-state index in [1.54, 1.807) is 42.5 Å². The molecule has 0 heterocycles. The third-order valence-corrected chi connectivity index (χ3v) is 3.87. The third kappa shape index (κ3) is 5.93. The highest BCUT2D eigenvalue weighted by molar-refractivity contribution is 9.10. The molecule has 0 atom stereocenters. The van der Waals surface area contributed by atoms with Gasteiger partial charge in [-0.2, -0.15) is 0 Å². The second kappa shape index (κ2) is 9.45. The van der Waals surface area contributed by atoms with Crippen LogP contribution in [0.25, 0.3) is 0 Å². The van der Waals surface area contributed by atoms with Crippen molar-refractivity contribution in [3.63, 3.8) is 0 Å². The number of carbonyl (C=O) groups excluding carboxylic acids is 2. The summed E-state index contributed by atoms with van der Waals surface area (Å²) in [6.07, 6.45) is -0.0960. The molecule has 0 saturated carbocycles. The highest BCUT2D eigenvalue weighted by Crippen LogP contribution is 2.24. The van der Waals surface area contributed by atoms with Crippen molar-refractivity contribution in [2.75, 3.05) is 6.61 Å². The first kappa shape index (κ1) is 20.1. The van der Waals surface area contributed by atoms with Crippen LogP contribution in [0.15, 0.2) is 46.9 Å². The largest absolute Gasteiger partial charge is 0.490 e. The van der Waals surface area contributed by atoms with Gasteiger partial charge in [0, 0.05) is 4.47 Å². The number of hydrogen-bond acceptors (Lipinski definition) is 4. The fraction of sp³-hybridized carbons (Fsp3) is 0.222. The summed E-state index contributed by atoms with van der Waals surface area (Å²) in [6, 6.07) is 11.9. The summed E-state index contributed by atoms with van der Waals surface area (Å²) in [7, 11) is 0. The molecule has 0 radical (unpaired) electrons. The lowest BCUT2D eigenvalue weighted by atomic mass is 10.2. The second-order valence-corrected chi connectivity index (χ2v) is 6.85. The molecule has 0 aliphatic heterocycles. The Morgan fingerprint density at radius 1 is 1.12 bits per heavy atom. The first-order valence-corrected chi connectivity index (χ1v) is 8.96. The third-order valence-electron chi connectivity index (χ3n) is 3.06. The van der Waals surface area contributed by atoms with Crippen LogP contribution < -0.4 is 20.3 Å². The standard InChI is InChI=1S/C18H18BrClN2O4/c1-11(2)26-15-8-7-12(19)9-13(15)18(24)22-21-17(23)10-25-16-6-4-3-5-14(16)20/h3-9,11H,10H2,1-2H3,(H,21,23)(H,22,24). The predicted octanol–water partition coefficient (Wildman–Crippen LogP) is 3.73. The number of hydrogen-bond donors (Lipinski definition) is 2. The summed E-state index contributed by atoms with van der Waals surface area (Å²) in [5.74, 6) is -0.231. The molecule has 0 aliphatic carbocycles. The molecule has 0 spiro atoms. The van der Waals surface area contributed by atoms with E-state index in [9.17, 15) is 9.59 Å². The van der Waals surface area contributed by atoms with Crippen LogP contribution in [0.1, 0.15) is 24.2 Å². The van der Waals surface area contributed by atoms with E-state index in [4.69, 9.17) is 21.1 Å². The number of halogens is 2. The van der Waals surface area contributed by atoms with E-state index in [1.165, 1.54) is 0 Å². The Morgan fingerprint density at radius 2 is 1.85 bits per heavy atom. The van der Waals surface area contributed by atoms with Gasteiger partial charge in [-0.05, 0) is 44.2 Å². The van der Waals surface area contributed by atoms with Gasteiger partial charge >= 0.3 is 0 Å². The zero-order valence-corrected chi connectivity index (χ0v) is 16.6. The molecule has 0 aromatic heterocycles. The van der Waals surface area contributed by atoms with Crippen molar-refractivity contribution in [3.8, 4) is 11.5 Å². The lowest BCUT2D eigenvalue weighted by Crippen LogP contribution is -2.44. The maximum absolute atomic E-state index is 12.3. The minimum atomic E-state index is -0.528. The molecular weight excluding hydrogens is 424 g/mol. The first-order valence-electron chi connectivity index (χ1n) is 7.79. The lowest BCUT2D eigenvalue weighted by Gasteiger charge is -2.15. The van der Waals surface area contributed by atoms with Crippen LogP contribution in [0.4, 0.5) is 0 Å². The number of rotatable bonds is 6. The van der Waals surface area contributed by atoms with Gasteiger partial charge in [-0.3, -0.25) is 20.4 Å². The number of carbonyl (C=O) groups is 2. The highest BCUT2D eigenvalue weighted by atomic mass is 79.9. The van der Waals surface area contributed by atoms with Crippen LogP contribution in [-0.2, 0) is 4.79 Å². The van der Waals surface area contributed by atoms with Crippen molar-refractivity contribution in [3.05, 3.63) is 57.5 Å². The monoisotopic (exact) mass is 440 g/mol. The van der Waals surface area contributed by atoms with Crippen molar-refractivity contribution in [2.45, 2.75) is 20.0 Å². The van der Waals surface area contributed by atoms with Gasteiger partial charge < -0.3 is 9.47 Å². The van der Waals surface area contributed by atoms with Gasteiger partial charge in [0.05, 0.1) is 16.7 Å². The van der Waals surface area contributed by atoms with E-state index in [0.717, 1.165) is 0 Å². The smallest absolute Gasteiger partial charge is 0.276 e. The molecule has 0 saturated heterocycles. The van der Waals surface area contributed by atoms with E-state index in [-0.39, 0.29) is 12.7 Å². The highest BCUT2D eigenvalue weighted by Gasteiger charge is 2.15. The summed E-state index contributed by atoms with van der Waals surface area (Å²) in [5, 5.41) is 0.397. The van der Waals surface area contributed by atoms with Gasteiger partial charge in [0.2, 0.25) is 0 Å². The molecule has 0 unspecified atom stereocenters. The molecule has 26 heavy (non-hydrogen) atoms. The van der Waals surface area contributed by atoms with Crippen LogP contribution >= 0.6 is 27.5 Å². The van der Waals surface area contributed by atoms with E-state index >= 15 is 0 Å². The number of para-hydroxylation sites is 1. The molecule has 138 valence electrons. The van der Waals surface area contributed by atoms with Crippen molar-refractivity contribution >= 4 is 39.3 Å². The Kier molecular flexibility index (Phi) is 7.29. The summed E-state index contributed by atoms with van der Waals surface area (Å²) in [6.45, 7) is 3.42. The molecular formula is C18H18BrClN2O4. The van der Waals surface area contributed by atoms with Gasteiger partial charge in [-0.1, -0.05) is 39.7 Å². The molecule has 8 heteroatoms. The predicted molar refractivity (Wildman–Crippen MR) is 102 cm³/mol. The van der Waals surface area contributed by atoms with Gasteiger partial charge in [0.15, 0.2) is 6.61 Å². The Labute approximate surface area is 164 Å². The van der Waals surface area contributed by atoms with Crippen molar-refractivity contribution in [1.82, 2.24) is 10.9 Å². The Hall–Kier alpha value is -2.25. The zero-order chi connectivity index (χ0) is 19.1. The van der Waals surface area contributed by atoms with Crippen molar-refractivity contribution in [2.24, 2.45) is 0 Å². The molecule has 2 aromatic rings. The maximum atomic E-state index is 12.3.